The summed E-state index contributed by atoms with van der Waals surface area (Å²) in [6.07, 6.45) is -0.259. The van der Waals surface area contributed by atoms with Gasteiger partial charge in [-0.1, -0.05) is 41.9 Å². The van der Waals surface area contributed by atoms with Crippen molar-refractivity contribution in [1.82, 2.24) is 5.32 Å². The highest BCUT2D eigenvalue weighted by molar-refractivity contribution is 6.33. The van der Waals surface area contributed by atoms with Crippen molar-refractivity contribution < 1.29 is 14.3 Å². The third kappa shape index (κ3) is 4.72. The van der Waals surface area contributed by atoms with E-state index in [0.29, 0.717) is 18.7 Å². The van der Waals surface area contributed by atoms with Crippen LogP contribution in [0.5, 0.6) is 0 Å². The number of anilines is 1. The number of urea groups is 1. The van der Waals surface area contributed by atoms with Gasteiger partial charge in [-0.3, -0.25) is 0 Å². The molecule has 1 atom stereocenters. The van der Waals surface area contributed by atoms with Crippen molar-refractivity contribution >= 4 is 23.3 Å². The van der Waals surface area contributed by atoms with Crippen molar-refractivity contribution in [2.75, 3.05) is 11.9 Å². The fourth-order valence-corrected chi connectivity index (χ4v) is 2.14. The predicted molar refractivity (Wildman–Crippen MR) is 84.5 cm³/mol. The van der Waals surface area contributed by atoms with E-state index in [-0.39, 0.29) is 5.02 Å². The summed E-state index contributed by atoms with van der Waals surface area (Å²) in [4.78, 5) is 11.7. The number of carbonyl (C=O) groups excluding carboxylic acids is 1. The van der Waals surface area contributed by atoms with Crippen LogP contribution >= 0.6 is 11.6 Å². The van der Waals surface area contributed by atoms with Crippen LogP contribution in [0.25, 0.3) is 0 Å². The van der Waals surface area contributed by atoms with Gasteiger partial charge in [-0.05, 0) is 30.2 Å². The van der Waals surface area contributed by atoms with Gasteiger partial charge in [-0.15, -0.1) is 0 Å². The van der Waals surface area contributed by atoms with Gasteiger partial charge in [-0.2, -0.15) is 0 Å². The van der Waals surface area contributed by atoms with Crippen molar-refractivity contribution in [1.29, 1.82) is 0 Å². The highest BCUT2D eigenvalue weighted by Gasteiger charge is 2.09. The van der Waals surface area contributed by atoms with Gasteiger partial charge in [0.05, 0.1) is 16.8 Å². The topological polar surface area (TPSA) is 61.4 Å². The van der Waals surface area contributed by atoms with E-state index in [1.54, 1.807) is 0 Å². The Hall–Kier alpha value is -2.11. The van der Waals surface area contributed by atoms with E-state index in [9.17, 15) is 14.3 Å². The van der Waals surface area contributed by atoms with Gasteiger partial charge in [0.2, 0.25) is 0 Å². The molecule has 0 aliphatic heterocycles. The molecule has 0 aromatic heterocycles. The zero-order valence-electron chi connectivity index (χ0n) is 11.7. The minimum Gasteiger partial charge on any atom is -0.388 e. The van der Waals surface area contributed by atoms with Crippen LogP contribution in [0.1, 0.15) is 18.1 Å². The number of halogens is 2. The summed E-state index contributed by atoms with van der Waals surface area (Å²) in [6.45, 7) is 0.292. The Morgan fingerprint density at radius 3 is 2.64 bits per heavy atom. The van der Waals surface area contributed by atoms with Crippen LogP contribution < -0.4 is 10.6 Å². The first-order valence-corrected chi connectivity index (χ1v) is 7.17. The first-order valence-electron chi connectivity index (χ1n) is 6.79. The lowest BCUT2D eigenvalue weighted by atomic mass is 10.1. The van der Waals surface area contributed by atoms with Gasteiger partial charge in [-0.25, -0.2) is 9.18 Å². The highest BCUT2D eigenvalue weighted by atomic mass is 35.5. The number of aliphatic hydroxyl groups is 1. The normalized spacial score (nSPS) is 11.8. The van der Waals surface area contributed by atoms with Crippen molar-refractivity contribution in [2.24, 2.45) is 0 Å². The molecule has 0 radical (unpaired) electrons. The molecule has 0 aliphatic rings. The molecule has 0 aliphatic carbocycles. The number of amides is 2. The Bertz CT molecular complexity index is 637. The van der Waals surface area contributed by atoms with Crippen LogP contribution in [0.3, 0.4) is 0 Å². The molecule has 0 fully saturated rings. The molecule has 0 spiro atoms. The zero-order valence-corrected chi connectivity index (χ0v) is 12.5. The van der Waals surface area contributed by atoms with E-state index in [1.165, 1.54) is 12.1 Å². The highest BCUT2D eigenvalue weighted by Crippen LogP contribution is 2.22. The Labute approximate surface area is 132 Å². The molecule has 1 unspecified atom stereocenters. The summed E-state index contributed by atoms with van der Waals surface area (Å²) in [6, 6.07) is 12.5. The summed E-state index contributed by atoms with van der Waals surface area (Å²) >= 11 is 5.82. The summed E-state index contributed by atoms with van der Waals surface area (Å²) < 4.78 is 12.9. The second-order valence-corrected chi connectivity index (χ2v) is 5.13. The van der Waals surface area contributed by atoms with E-state index in [2.05, 4.69) is 10.6 Å². The third-order valence-electron chi connectivity index (χ3n) is 3.07. The van der Waals surface area contributed by atoms with Gasteiger partial charge in [0.15, 0.2) is 0 Å². The minimum atomic E-state index is -0.643. The van der Waals surface area contributed by atoms with Gasteiger partial charge >= 0.3 is 6.03 Å². The molecule has 2 aromatic carbocycles. The second kappa shape index (κ2) is 7.77. The maximum atomic E-state index is 12.9. The fourth-order valence-electron chi connectivity index (χ4n) is 1.92. The maximum absolute atomic E-state index is 12.9. The first kappa shape index (κ1) is 16.3. The second-order valence-electron chi connectivity index (χ2n) is 4.72. The van der Waals surface area contributed by atoms with Crippen molar-refractivity contribution in [3.05, 3.63) is 64.9 Å². The van der Waals surface area contributed by atoms with E-state index in [1.807, 2.05) is 30.3 Å². The number of nitrogens with one attached hydrogen (secondary N) is 2. The monoisotopic (exact) mass is 322 g/mol. The van der Waals surface area contributed by atoms with Crippen LogP contribution in [0.2, 0.25) is 5.02 Å². The van der Waals surface area contributed by atoms with Gasteiger partial charge in [0.25, 0.3) is 0 Å². The van der Waals surface area contributed by atoms with E-state index < -0.39 is 18.0 Å². The lowest BCUT2D eigenvalue weighted by molar-refractivity contribution is 0.167. The van der Waals surface area contributed by atoms with Gasteiger partial charge in [0.1, 0.15) is 5.82 Å². The fraction of sp³-hybridized carbons (Fsp3) is 0.188. The third-order valence-corrected chi connectivity index (χ3v) is 3.38. The van der Waals surface area contributed by atoms with Crippen LogP contribution in [0.15, 0.2) is 48.5 Å². The molecule has 0 saturated heterocycles. The molecule has 0 heterocycles. The molecule has 3 N–H and O–H groups in total. The van der Waals surface area contributed by atoms with Gasteiger partial charge < -0.3 is 15.7 Å². The molecule has 4 nitrogen and oxygen atoms in total. The van der Waals surface area contributed by atoms with E-state index >= 15 is 0 Å². The molecule has 2 rings (SSSR count). The number of hydrogen-bond donors (Lipinski definition) is 3. The molecule has 116 valence electrons. The van der Waals surface area contributed by atoms with E-state index in [4.69, 9.17) is 11.6 Å². The largest absolute Gasteiger partial charge is 0.388 e. The first-order chi connectivity index (χ1) is 10.6. The summed E-state index contributed by atoms with van der Waals surface area (Å²) in [5.74, 6) is -0.470. The number of hydrogen-bond acceptors (Lipinski definition) is 2. The van der Waals surface area contributed by atoms with Crippen LogP contribution in [-0.4, -0.2) is 17.7 Å². The van der Waals surface area contributed by atoms with Crippen molar-refractivity contribution in [3.63, 3.8) is 0 Å². The molecule has 2 amide bonds. The number of benzene rings is 2. The SMILES string of the molecule is O=C(NCCC(O)c1ccccc1)Nc1ccc(F)cc1Cl. The van der Waals surface area contributed by atoms with Crippen molar-refractivity contribution in [3.8, 4) is 0 Å². The molecule has 0 bridgehead atoms. The molecule has 0 saturated carbocycles. The lowest BCUT2D eigenvalue weighted by Crippen LogP contribution is -2.30. The minimum absolute atomic E-state index is 0.125. The average Bonchev–Trinajstić information content (AvgIpc) is 2.51. The Morgan fingerprint density at radius 1 is 1.23 bits per heavy atom. The zero-order chi connectivity index (χ0) is 15.9. The van der Waals surface area contributed by atoms with Gasteiger partial charge in [0, 0.05) is 6.54 Å². The molecule has 2 aromatic rings. The summed E-state index contributed by atoms with van der Waals surface area (Å²) in [7, 11) is 0. The quantitative estimate of drug-likeness (QED) is 0.785. The average molecular weight is 323 g/mol. The Kier molecular flexibility index (Phi) is 5.75. The molecular weight excluding hydrogens is 307 g/mol. The number of aliphatic hydroxyl groups excluding tert-OH is 1. The van der Waals surface area contributed by atoms with E-state index in [0.717, 1.165) is 11.6 Å². The standard InChI is InChI=1S/C16H16ClFN2O2/c17-13-10-12(18)6-7-14(13)20-16(22)19-9-8-15(21)11-4-2-1-3-5-11/h1-7,10,15,21H,8-9H2,(H2,19,20,22). The van der Waals surface area contributed by atoms with Crippen molar-refractivity contribution in [2.45, 2.75) is 12.5 Å². The smallest absolute Gasteiger partial charge is 0.319 e. The summed E-state index contributed by atoms with van der Waals surface area (Å²) in [5, 5.41) is 15.2. The predicted octanol–water partition coefficient (Wildman–Crippen LogP) is 3.72. The van der Waals surface area contributed by atoms with Crippen LogP contribution in [-0.2, 0) is 0 Å². The molecular formula is C16H16ClFN2O2. The lowest BCUT2D eigenvalue weighted by Gasteiger charge is -2.12. The Balaban J connectivity index is 1.78. The molecule has 22 heavy (non-hydrogen) atoms. The maximum Gasteiger partial charge on any atom is 0.319 e. The van der Waals surface area contributed by atoms with Crippen LogP contribution in [0, 0.1) is 5.82 Å². The number of rotatable bonds is 5. The molecule has 6 heteroatoms. The Morgan fingerprint density at radius 2 is 1.95 bits per heavy atom. The van der Waals surface area contributed by atoms with Crippen LogP contribution in [0.4, 0.5) is 14.9 Å². The number of carbonyl (C=O) groups is 1. The summed E-state index contributed by atoms with van der Waals surface area (Å²) in [5.41, 5.74) is 1.12.